The lowest BCUT2D eigenvalue weighted by molar-refractivity contribution is 0.281. The molecule has 0 aliphatic carbocycles. The normalized spacial score (nSPS) is 12.7. The molecule has 0 saturated heterocycles. The minimum atomic E-state index is -3.74. The van der Waals surface area contributed by atoms with E-state index in [1.807, 2.05) is 27.7 Å². The maximum atomic E-state index is 12.8. The molecule has 21 heavy (non-hydrogen) atoms. The second-order valence-electron chi connectivity index (χ2n) is 5.56. The highest BCUT2D eigenvalue weighted by Gasteiger charge is 2.30. The van der Waals surface area contributed by atoms with Crippen molar-refractivity contribution >= 4 is 33.2 Å². The van der Waals surface area contributed by atoms with Gasteiger partial charge in [0.25, 0.3) is 0 Å². The molecule has 7 heteroatoms. The van der Waals surface area contributed by atoms with Crippen LogP contribution in [0.5, 0.6) is 0 Å². The predicted molar refractivity (Wildman–Crippen MR) is 86.3 cm³/mol. The van der Waals surface area contributed by atoms with E-state index in [2.05, 4.69) is 0 Å². The smallest absolute Gasteiger partial charge is 0.244 e. The quantitative estimate of drug-likeness (QED) is 0.850. The third-order valence-electron chi connectivity index (χ3n) is 3.02. The summed E-state index contributed by atoms with van der Waals surface area (Å²) in [4.78, 5) is -0.0213. The zero-order chi connectivity index (χ0) is 16.4. The van der Waals surface area contributed by atoms with Crippen molar-refractivity contribution in [2.45, 2.75) is 45.2 Å². The Morgan fingerprint density at radius 1 is 1.19 bits per heavy atom. The minimum absolute atomic E-state index is 0.0144. The van der Waals surface area contributed by atoms with Crippen LogP contribution in [0.4, 0.5) is 0 Å². The van der Waals surface area contributed by atoms with Gasteiger partial charge in [0, 0.05) is 23.2 Å². The molecule has 0 bridgehead atoms. The number of halogens is 2. The van der Waals surface area contributed by atoms with E-state index in [1.165, 1.54) is 16.4 Å². The van der Waals surface area contributed by atoms with Crippen molar-refractivity contribution in [2.75, 3.05) is 6.54 Å². The third-order valence-corrected chi connectivity index (χ3v) is 6.00. The van der Waals surface area contributed by atoms with Crippen molar-refractivity contribution in [1.82, 2.24) is 4.31 Å². The monoisotopic (exact) mass is 353 g/mol. The van der Waals surface area contributed by atoms with Gasteiger partial charge in [-0.2, -0.15) is 4.31 Å². The van der Waals surface area contributed by atoms with Gasteiger partial charge in [0.2, 0.25) is 10.0 Å². The summed E-state index contributed by atoms with van der Waals surface area (Å²) in [6.45, 7) is 7.52. The molecule has 4 nitrogen and oxygen atoms in total. The Bertz CT molecular complexity index is 600. The van der Waals surface area contributed by atoms with Crippen molar-refractivity contribution in [3.63, 3.8) is 0 Å². The summed E-state index contributed by atoms with van der Waals surface area (Å²) in [5.74, 6) is 0.186. The Kier molecular flexibility index (Phi) is 6.50. The van der Waals surface area contributed by atoms with Crippen molar-refractivity contribution < 1.29 is 13.5 Å². The number of benzene rings is 1. The lowest BCUT2D eigenvalue weighted by atomic mass is 10.2. The van der Waals surface area contributed by atoms with Crippen molar-refractivity contribution in [3.8, 4) is 0 Å². The minimum Gasteiger partial charge on any atom is -0.392 e. The molecule has 0 aromatic heterocycles. The van der Waals surface area contributed by atoms with Crippen LogP contribution in [0.3, 0.4) is 0 Å². The van der Waals surface area contributed by atoms with Crippen LogP contribution in [0.1, 0.15) is 33.3 Å². The molecule has 1 aromatic carbocycles. The second kappa shape index (κ2) is 7.29. The first-order valence-electron chi connectivity index (χ1n) is 6.72. The molecule has 0 radical (unpaired) electrons. The fraction of sp³-hybridized carbons (Fsp3) is 0.571. The van der Waals surface area contributed by atoms with Gasteiger partial charge in [0.05, 0.1) is 11.6 Å². The van der Waals surface area contributed by atoms with E-state index in [1.54, 1.807) is 0 Å². The molecule has 0 fully saturated rings. The van der Waals surface area contributed by atoms with Crippen LogP contribution in [-0.4, -0.2) is 30.4 Å². The molecule has 0 heterocycles. The van der Waals surface area contributed by atoms with Crippen LogP contribution >= 0.6 is 23.2 Å². The van der Waals surface area contributed by atoms with Gasteiger partial charge >= 0.3 is 0 Å². The van der Waals surface area contributed by atoms with E-state index in [0.717, 1.165) is 0 Å². The molecule has 1 N–H and O–H groups in total. The number of sulfonamides is 1. The fourth-order valence-electron chi connectivity index (χ4n) is 1.99. The highest BCUT2D eigenvalue weighted by Crippen LogP contribution is 2.33. The first-order valence-corrected chi connectivity index (χ1v) is 8.92. The van der Waals surface area contributed by atoms with Crippen LogP contribution in [0, 0.1) is 5.92 Å². The molecule has 0 saturated carbocycles. The number of rotatable bonds is 6. The largest absolute Gasteiger partial charge is 0.392 e. The van der Waals surface area contributed by atoms with E-state index < -0.39 is 16.6 Å². The Balaban J connectivity index is 3.42. The number of aliphatic hydroxyl groups is 1. The molecule has 0 aliphatic heterocycles. The highest BCUT2D eigenvalue weighted by atomic mass is 35.5. The van der Waals surface area contributed by atoms with Crippen LogP contribution in [-0.2, 0) is 16.6 Å². The van der Waals surface area contributed by atoms with E-state index in [9.17, 15) is 13.5 Å². The molecule has 0 aliphatic rings. The predicted octanol–water partition coefficient (Wildman–Crippen LogP) is 3.54. The van der Waals surface area contributed by atoms with Gasteiger partial charge in [-0.3, -0.25) is 0 Å². The Labute approximate surface area is 136 Å². The number of hydrogen-bond donors (Lipinski definition) is 1. The van der Waals surface area contributed by atoms with Gasteiger partial charge in [0.15, 0.2) is 0 Å². The lowest BCUT2D eigenvalue weighted by Crippen LogP contribution is -2.39. The molecule has 0 unspecified atom stereocenters. The Morgan fingerprint density at radius 3 is 2.19 bits per heavy atom. The maximum absolute atomic E-state index is 12.8. The molecule has 0 atom stereocenters. The molecule has 1 aromatic rings. The average Bonchev–Trinajstić information content (AvgIpc) is 2.35. The number of nitrogens with zero attached hydrogens (tertiary/aromatic N) is 1. The van der Waals surface area contributed by atoms with E-state index >= 15 is 0 Å². The third kappa shape index (κ3) is 4.11. The summed E-state index contributed by atoms with van der Waals surface area (Å²) in [5.41, 5.74) is 0.229. The van der Waals surface area contributed by atoms with E-state index in [0.29, 0.717) is 6.54 Å². The molecular weight excluding hydrogens is 333 g/mol. The Hall–Kier alpha value is -0.330. The van der Waals surface area contributed by atoms with Crippen molar-refractivity contribution in [2.24, 2.45) is 5.92 Å². The van der Waals surface area contributed by atoms with Crippen molar-refractivity contribution in [3.05, 3.63) is 27.7 Å². The fourth-order valence-corrected chi connectivity index (χ4v) is 4.67. The molecule has 1 rings (SSSR count). The van der Waals surface area contributed by atoms with Gasteiger partial charge in [-0.05, 0) is 31.9 Å². The maximum Gasteiger partial charge on any atom is 0.244 e. The first kappa shape index (κ1) is 18.7. The van der Waals surface area contributed by atoms with Crippen LogP contribution in [0.15, 0.2) is 17.0 Å². The zero-order valence-electron chi connectivity index (χ0n) is 12.6. The van der Waals surface area contributed by atoms with Crippen LogP contribution in [0.25, 0.3) is 0 Å². The summed E-state index contributed by atoms with van der Waals surface area (Å²) >= 11 is 12.1. The average molecular weight is 354 g/mol. The standard InChI is InChI=1S/C14H21Cl2NO3S/c1-9(2)7-17(10(3)4)21(19,20)13-6-5-12(15)11(8-18)14(13)16/h5-6,9-10,18H,7-8H2,1-4H3. The van der Waals surface area contributed by atoms with Gasteiger partial charge in [0.1, 0.15) is 4.90 Å². The first-order chi connectivity index (χ1) is 9.62. The summed E-state index contributed by atoms with van der Waals surface area (Å²) in [6.07, 6.45) is 0. The molecule has 120 valence electrons. The molecular formula is C14H21Cl2NO3S. The Morgan fingerprint density at radius 2 is 1.76 bits per heavy atom. The van der Waals surface area contributed by atoms with Gasteiger partial charge < -0.3 is 5.11 Å². The second-order valence-corrected chi connectivity index (χ2v) is 8.20. The number of hydrogen-bond acceptors (Lipinski definition) is 3. The molecule has 0 spiro atoms. The molecule has 0 amide bonds. The van der Waals surface area contributed by atoms with E-state index in [4.69, 9.17) is 23.2 Å². The zero-order valence-corrected chi connectivity index (χ0v) is 14.9. The number of aliphatic hydroxyl groups excluding tert-OH is 1. The highest BCUT2D eigenvalue weighted by molar-refractivity contribution is 7.89. The van der Waals surface area contributed by atoms with Gasteiger partial charge in [-0.15, -0.1) is 0 Å². The van der Waals surface area contributed by atoms with Gasteiger partial charge in [-0.1, -0.05) is 37.0 Å². The van der Waals surface area contributed by atoms with Crippen LogP contribution in [0.2, 0.25) is 10.0 Å². The topological polar surface area (TPSA) is 57.6 Å². The van der Waals surface area contributed by atoms with Crippen LogP contribution < -0.4 is 0 Å². The SMILES string of the molecule is CC(C)CN(C(C)C)S(=O)(=O)c1ccc(Cl)c(CO)c1Cl. The van der Waals surface area contributed by atoms with E-state index in [-0.39, 0.29) is 32.5 Å². The summed E-state index contributed by atoms with van der Waals surface area (Å²) < 4.78 is 27.1. The van der Waals surface area contributed by atoms with Crippen molar-refractivity contribution in [1.29, 1.82) is 0 Å². The summed E-state index contributed by atoms with van der Waals surface area (Å²) in [7, 11) is -3.74. The van der Waals surface area contributed by atoms with Gasteiger partial charge in [-0.25, -0.2) is 8.42 Å². The summed E-state index contributed by atoms with van der Waals surface area (Å²) in [5, 5.41) is 9.54. The lowest BCUT2D eigenvalue weighted by Gasteiger charge is -2.28. The summed E-state index contributed by atoms with van der Waals surface area (Å²) in [6, 6.07) is 2.64.